The standard InChI is InChI=1S/C27H48N4O2/c1-30-19-21-31(22-20-30)26-17-16-25(24-29-26)27(33)28-18-14-12-10-8-6-4-2-3-5-7-9-11-13-15-23-32/h16-17,24,32H,2-15,18-23H2,1H3,(H,28,33). The lowest BCUT2D eigenvalue weighted by Crippen LogP contribution is -2.44. The molecule has 1 fully saturated rings. The minimum absolute atomic E-state index is 0.0131. The number of unbranched alkanes of at least 4 members (excludes halogenated alkanes) is 13. The van der Waals surface area contributed by atoms with E-state index in [9.17, 15) is 4.79 Å². The number of aliphatic hydroxyl groups excluding tert-OH is 1. The van der Waals surface area contributed by atoms with Gasteiger partial charge in [-0.25, -0.2) is 4.98 Å². The van der Waals surface area contributed by atoms with Crippen LogP contribution in [0.15, 0.2) is 18.3 Å². The summed E-state index contributed by atoms with van der Waals surface area (Å²) in [4.78, 5) is 21.5. The van der Waals surface area contributed by atoms with Crippen LogP contribution in [0.25, 0.3) is 0 Å². The minimum Gasteiger partial charge on any atom is -0.396 e. The van der Waals surface area contributed by atoms with Gasteiger partial charge in [0, 0.05) is 45.5 Å². The van der Waals surface area contributed by atoms with Crippen LogP contribution in [0.2, 0.25) is 0 Å². The Morgan fingerprint density at radius 2 is 1.33 bits per heavy atom. The van der Waals surface area contributed by atoms with Crippen LogP contribution in [0.1, 0.15) is 100 Å². The SMILES string of the molecule is CN1CCN(c2ccc(C(=O)NCCCCCCCCCCCCCCCCO)cn2)CC1. The summed E-state index contributed by atoms with van der Waals surface area (Å²) >= 11 is 0. The first-order valence-electron chi connectivity index (χ1n) is 13.5. The Balaban J connectivity index is 1.40. The second kappa shape index (κ2) is 17.8. The highest BCUT2D eigenvalue weighted by molar-refractivity contribution is 5.94. The number of hydrogen-bond acceptors (Lipinski definition) is 5. The van der Waals surface area contributed by atoms with Crippen molar-refractivity contribution in [2.45, 2.75) is 89.9 Å². The third kappa shape index (κ3) is 12.4. The normalized spacial score (nSPS) is 14.5. The first kappa shape index (κ1) is 27.6. The van der Waals surface area contributed by atoms with Gasteiger partial charge in [0.15, 0.2) is 0 Å². The van der Waals surface area contributed by atoms with E-state index in [4.69, 9.17) is 5.11 Å². The Kier molecular flexibility index (Phi) is 14.9. The zero-order chi connectivity index (χ0) is 23.6. The number of carbonyl (C=O) groups is 1. The van der Waals surface area contributed by atoms with E-state index in [2.05, 4.69) is 27.1 Å². The molecular formula is C27H48N4O2. The summed E-state index contributed by atoms with van der Waals surface area (Å²) in [6, 6.07) is 3.87. The van der Waals surface area contributed by atoms with Crippen LogP contribution in [0.3, 0.4) is 0 Å². The number of hydrogen-bond donors (Lipinski definition) is 2. The Hall–Kier alpha value is -1.66. The molecular weight excluding hydrogens is 412 g/mol. The van der Waals surface area contributed by atoms with Crippen LogP contribution in [-0.2, 0) is 0 Å². The van der Waals surface area contributed by atoms with Crippen molar-refractivity contribution in [2.24, 2.45) is 0 Å². The van der Waals surface area contributed by atoms with E-state index >= 15 is 0 Å². The van der Waals surface area contributed by atoms with E-state index in [0.717, 1.165) is 51.4 Å². The molecule has 0 aliphatic carbocycles. The molecule has 0 radical (unpaired) electrons. The molecule has 0 unspecified atom stereocenters. The maximum absolute atomic E-state index is 12.3. The lowest BCUT2D eigenvalue weighted by molar-refractivity contribution is 0.0952. The molecule has 0 bridgehead atoms. The number of aliphatic hydroxyl groups is 1. The summed E-state index contributed by atoms with van der Waals surface area (Å²) in [5.74, 6) is 0.953. The topological polar surface area (TPSA) is 68.7 Å². The summed E-state index contributed by atoms with van der Waals surface area (Å²) in [6.45, 7) is 5.17. The number of piperazine rings is 1. The van der Waals surface area contributed by atoms with E-state index in [1.54, 1.807) is 6.20 Å². The second-order valence-electron chi connectivity index (χ2n) is 9.62. The van der Waals surface area contributed by atoms with Crippen LogP contribution in [0, 0.1) is 0 Å². The molecule has 0 aromatic carbocycles. The minimum atomic E-state index is -0.0131. The molecule has 2 N–H and O–H groups in total. The third-order valence-corrected chi connectivity index (χ3v) is 6.71. The number of amides is 1. The predicted octanol–water partition coefficient (Wildman–Crippen LogP) is 5.02. The summed E-state index contributed by atoms with van der Waals surface area (Å²) in [5, 5.41) is 11.8. The van der Waals surface area contributed by atoms with Crippen LogP contribution in [-0.4, -0.2) is 67.3 Å². The first-order chi connectivity index (χ1) is 16.2. The first-order valence-corrected chi connectivity index (χ1v) is 13.5. The number of rotatable bonds is 18. The fourth-order valence-electron chi connectivity index (χ4n) is 4.41. The van der Waals surface area contributed by atoms with Crippen molar-refractivity contribution in [2.75, 3.05) is 51.3 Å². The summed E-state index contributed by atoms with van der Waals surface area (Å²) < 4.78 is 0. The van der Waals surface area contributed by atoms with Gasteiger partial charge < -0.3 is 20.2 Å². The van der Waals surface area contributed by atoms with E-state index in [0.29, 0.717) is 12.2 Å². The van der Waals surface area contributed by atoms with E-state index < -0.39 is 0 Å². The van der Waals surface area contributed by atoms with Gasteiger partial charge in [0.2, 0.25) is 0 Å². The molecule has 1 aromatic heterocycles. The molecule has 2 heterocycles. The van der Waals surface area contributed by atoms with Crippen molar-refractivity contribution in [1.29, 1.82) is 0 Å². The highest BCUT2D eigenvalue weighted by atomic mass is 16.2. The molecule has 2 rings (SSSR count). The van der Waals surface area contributed by atoms with Crippen LogP contribution in [0.5, 0.6) is 0 Å². The van der Waals surface area contributed by atoms with Gasteiger partial charge >= 0.3 is 0 Å². The Morgan fingerprint density at radius 1 is 0.818 bits per heavy atom. The van der Waals surface area contributed by atoms with Crippen LogP contribution >= 0.6 is 0 Å². The Morgan fingerprint density at radius 3 is 1.82 bits per heavy atom. The quantitative estimate of drug-likeness (QED) is 0.301. The largest absolute Gasteiger partial charge is 0.396 e. The smallest absolute Gasteiger partial charge is 0.252 e. The van der Waals surface area contributed by atoms with Gasteiger partial charge in [-0.15, -0.1) is 0 Å². The van der Waals surface area contributed by atoms with Crippen molar-refractivity contribution in [3.63, 3.8) is 0 Å². The van der Waals surface area contributed by atoms with Crippen molar-refractivity contribution in [3.05, 3.63) is 23.9 Å². The van der Waals surface area contributed by atoms with Crippen molar-refractivity contribution < 1.29 is 9.90 Å². The number of nitrogens with one attached hydrogen (secondary N) is 1. The molecule has 33 heavy (non-hydrogen) atoms. The summed E-state index contributed by atoms with van der Waals surface area (Å²) in [6.07, 6.45) is 19.4. The molecule has 0 saturated carbocycles. The van der Waals surface area contributed by atoms with Gasteiger partial charge in [0.1, 0.15) is 5.82 Å². The zero-order valence-electron chi connectivity index (χ0n) is 21.1. The van der Waals surface area contributed by atoms with Crippen LogP contribution < -0.4 is 10.2 Å². The molecule has 0 spiro atoms. The Bertz CT molecular complexity index is 615. The molecule has 0 atom stereocenters. The van der Waals surface area contributed by atoms with E-state index in [-0.39, 0.29) is 5.91 Å². The second-order valence-corrected chi connectivity index (χ2v) is 9.62. The third-order valence-electron chi connectivity index (χ3n) is 6.71. The number of aromatic nitrogens is 1. The lowest BCUT2D eigenvalue weighted by Gasteiger charge is -2.33. The van der Waals surface area contributed by atoms with Crippen molar-refractivity contribution >= 4 is 11.7 Å². The monoisotopic (exact) mass is 460 g/mol. The average molecular weight is 461 g/mol. The molecule has 1 aromatic rings. The van der Waals surface area contributed by atoms with Gasteiger partial charge in [0.25, 0.3) is 5.91 Å². The number of pyridine rings is 1. The van der Waals surface area contributed by atoms with Gasteiger partial charge in [-0.05, 0) is 32.0 Å². The summed E-state index contributed by atoms with van der Waals surface area (Å²) in [5.41, 5.74) is 0.651. The number of likely N-dealkylation sites (N-methyl/N-ethyl adjacent to an activating group) is 1. The Labute approximate surface area is 202 Å². The average Bonchev–Trinajstić information content (AvgIpc) is 2.84. The summed E-state index contributed by atoms with van der Waals surface area (Å²) in [7, 11) is 2.14. The van der Waals surface area contributed by atoms with Gasteiger partial charge in [-0.1, -0.05) is 77.0 Å². The number of carbonyl (C=O) groups excluding carboxylic acids is 1. The fraction of sp³-hybridized carbons (Fsp3) is 0.778. The molecule has 1 aliphatic heterocycles. The van der Waals surface area contributed by atoms with Gasteiger partial charge in [-0.2, -0.15) is 0 Å². The molecule has 1 saturated heterocycles. The zero-order valence-corrected chi connectivity index (χ0v) is 21.1. The molecule has 1 aliphatic rings. The highest BCUT2D eigenvalue weighted by Crippen LogP contribution is 2.14. The van der Waals surface area contributed by atoms with Crippen molar-refractivity contribution in [3.8, 4) is 0 Å². The molecule has 1 amide bonds. The fourth-order valence-corrected chi connectivity index (χ4v) is 4.41. The maximum atomic E-state index is 12.3. The predicted molar refractivity (Wildman–Crippen MR) is 138 cm³/mol. The van der Waals surface area contributed by atoms with E-state index in [1.807, 2.05) is 12.1 Å². The van der Waals surface area contributed by atoms with Crippen LogP contribution in [0.4, 0.5) is 5.82 Å². The molecule has 6 nitrogen and oxygen atoms in total. The van der Waals surface area contributed by atoms with E-state index in [1.165, 1.54) is 77.0 Å². The maximum Gasteiger partial charge on any atom is 0.252 e. The molecule has 6 heteroatoms. The number of anilines is 1. The highest BCUT2D eigenvalue weighted by Gasteiger charge is 2.15. The molecule has 188 valence electrons. The van der Waals surface area contributed by atoms with Gasteiger partial charge in [0.05, 0.1) is 5.56 Å². The lowest BCUT2D eigenvalue weighted by atomic mass is 10.0. The van der Waals surface area contributed by atoms with Gasteiger partial charge in [-0.3, -0.25) is 4.79 Å². The number of nitrogens with zero attached hydrogens (tertiary/aromatic N) is 3. The van der Waals surface area contributed by atoms with Crippen molar-refractivity contribution in [1.82, 2.24) is 15.2 Å².